The first-order valence-corrected chi connectivity index (χ1v) is 9.93. The third kappa shape index (κ3) is 2.88. The molecule has 0 unspecified atom stereocenters. The van der Waals surface area contributed by atoms with Crippen LogP contribution < -0.4 is 4.90 Å². The highest BCUT2D eigenvalue weighted by molar-refractivity contribution is 5.57. The smallest absolute Gasteiger partial charge is 0.146 e. The number of hydrogen-bond donors (Lipinski definition) is 1. The van der Waals surface area contributed by atoms with Crippen LogP contribution in [0.2, 0.25) is 0 Å². The van der Waals surface area contributed by atoms with E-state index in [9.17, 15) is 10.4 Å². The molecule has 1 aliphatic heterocycles. The molecule has 0 spiro atoms. The molecule has 2 aromatic rings. The summed E-state index contributed by atoms with van der Waals surface area (Å²) in [4.78, 5) is 11.2. The number of aliphatic hydroxyl groups excluding tert-OH is 1. The maximum absolute atomic E-state index is 10.6. The molecule has 0 amide bonds. The maximum atomic E-state index is 10.6. The average Bonchev–Trinajstić information content (AvgIpc) is 3.35. The van der Waals surface area contributed by atoms with E-state index in [4.69, 9.17) is 4.98 Å². The highest BCUT2D eigenvalue weighted by Gasteiger charge is 2.43. The molecule has 1 saturated carbocycles. The molecule has 0 aromatic carbocycles. The lowest BCUT2D eigenvalue weighted by Crippen LogP contribution is -2.36. The fourth-order valence-electron chi connectivity index (χ4n) is 5.20. The zero-order valence-electron chi connectivity index (χ0n) is 15.3. The molecular weight excluding hydrogens is 340 g/mol. The molecule has 2 aromatic heterocycles. The molecule has 1 N–H and O–H groups in total. The summed E-state index contributed by atoms with van der Waals surface area (Å²) in [5.41, 5.74) is 3.12. The topological polar surface area (TPSA) is 90.9 Å². The van der Waals surface area contributed by atoms with Crippen LogP contribution in [-0.4, -0.2) is 44.0 Å². The molecule has 7 nitrogen and oxygen atoms in total. The number of aryl methyl sites for hydroxylation is 2. The van der Waals surface area contributed by atoms with Gasteiger partial charge in [0.05, 0.1) is 17.7 Å². The highest BCUT2D eigenvalue weighted by atomic mass is 16.3. The molecule has 1 saturated heterocycles. The van der Waals surface area contributed by atoms with Crippen LogP contribution in [0, 0.1) is 23.2 Å². The summed E-state index contributed by atoms with van der Waals surface area (Å²) in [6.45, 7) is 1.76. The van der Waals surface area contributed by atoms with Gasteiger partial charge in [-0.05, 0) is 62.0 Å². The van der Waals surface area contributed by atoms with E-state index < -0.39 is 6.10 Å². The van der Waals surface area contributed by atoms with Gasteiger partial charge in [0.2, 0.25) is 0 Å². The summed E-state index contributed by atoms with van der Waals surface area (Å²) in [7, 11) is 0. The van der Waals surface area contributed by atoms with Crippen molar-refractivity contribution in [2.45, 2.75) is 50.7 Å². The van der Waals surface area contributed by atoms with Crippen molar-refractivity contribution in [3.63, 3.8) is 0 Å². The lowest BCUT2D eigenvalue weighted by atomic mass is 9.77. The van der Waals surface area contributed by atoms with Crippen LogP contribution in [0.1, 0.15) is 48.5 Å². The standard InChI is InChI=1S/C20H24N6O/c21-8-14-5-13-3-1-2-4-17(13)24-20(14)25-9-15-6-18(26-12-22-11-23-26)19(27)7-16(15)10-25/h5,11-12,15-16,18-19,27H,1-4,6-7,9-10H2/t15-,16+,18-,19-/m1/s1. The summed E-state index contributed by atoms with van der Waals surface area (Å²) in [6.07, 6.45) is 8.89. The Morgan fingerprint density at radius 3 is 2.74 bits per heavy atom. The van der Waals surface area contributed by atoms with Gasteiger partial charge < -0.3 is 10.0 Å². The molecule has 0 radical (unpaired) electrons. The van der Waals surface area contributed by atoms with Crippen LogP contribution in [0.25, 0.3) is 0 Å². The molecule has 4 atom stereocenters. The number of fused-ring (bicyclic) bond motifs is 2. The van der Waals surface area contributed by atoms with E-state index in [0.29, 0.717) is 17.4 Å². The second-order valence-electron chi connectivity index (χ2n) is 8.19. The van der Waals surface area contributed by atoms with Gasteiger partial charge >= 0.3 is 0 Å². The predicted octanol–water partition coefficient (Wildman–Crippen LogP) is 1.87. The monoisotopic (exact) mass is 364 g/mol. The Balaban J connectivity index is 1.40. The SMILES string of the molecule is N#Cc1cc2c(nc1N1C[C@H]3C[C@@H](n4cncn4)[C@H](O)C[C@H]3C1)CCCC2. The Kier molecular flexibility index (Phi) is 4.09. The molecule has 3 aliphatic rings. The van der Waals surface area contributed by atoms with Gasteiger partial charge in [0.15, 0.2) is 0 Å². The van der Waals surface area contributed by atoms with E-state index in [1.165, 1.54) is 30.4 Å². The average molecular weight is 364 g/mol. The fraction of sp³-hybridized carbons (Fsp3) is 0.600. The van der Waals surface area contributed by atoms with Gasteiger partial charge in [0.25, 0.3) is 0 Å². The zero-order chi connectivity index (χ0) is 18.4. The third-order valence-corrected chi connectivity index (χ3v) is 6.59. The lowest BCUT2D eigenvalue weighted by molar-refractivity contribution is 0.0305. The van der Waals surface area contributed by atoms with E-state index in [-0.39, 0.29) is 6.04 Å². The van der Waals surface area contributed by atoms with Crippen molar-refractivity contribution in [1.29, 1.82) is 5.26 Å². The van der Waals surface area contributed by atoms with E-state index in [1.54, 1.807) is 11.0 Å². The van der Waals surface area contributed by atoms with Gasteiger partial charge in [-0.3, -0.25) is 0 Å². The Morgan fingerprint density at radius 2 is 1.96 bits per heavy atom. The number of nitriles is 1. The molecule has 140 valence electrons. The van der Waals surface area contributed by atoms with Gasteiger partial charge in [-0.1, -0.05) is 0 Å². The van der Waals surface area contributed by atoms with Crippen LogP contribution in [0.3, 0.4) is 0 Å². The number of rotatable bonds is 2. The molecule has 7 heteroatoms. The van der Waals surface area contributed by atoms with Crippen LogP contribution in [-0.2, 0) is 12.8 Å². The summed E-state index contributed by atoms with van der Waals surface area (Å²) in [5.74, 6) is 1.76. The number of hydrogen-bond acceptors (Lipinski definition) is 6. The number of aliphatic hydroxyl groups is 1. The van der Waals surface area contributed by atoms with E-state index in [0.717, 1.165) is 44.6 Å². The minimum Gasteiger partial charge on any atom is -0.391 e. The van der Waals surface area contributed by atoms with Crippen molar-refractivity contribution in [2.75, 3.05) is 18.0 Å². The minimum atomic E-state index is -0.403. The van der Waals surface area contributed by atoms with Gasteiger partial charge in [-0.25, -0.2) is 14.6 Å². The van der Waals surface area contributed by atoms with Crippen LogP contribution in [0.15, 0.2) is 18.7 Å². The van der Waals surface area contributed by atoms with Crippen molar-refractivity contribution in [2.24, 2.45) is 11.8 Å². The first-order valence-electron chi connectivity index (χ1n) is 9.93. The Bertz CT molecular complexity index is 873. The van der Waals surface area contributed by atoms with E-state index in [1.807, 2.05) is 0 Å². The minimum absolute atomic E-state index is 0.0133. The summed E-state index contributed by atoms with van der Waals surface area (Å²) < 4.78 is 1.79. The summed E-state index contributed by atoms with van der Waals surface area (Å²) >= 11 is 0. The van der Waals surface area contributed by atoms with Gasteiger partial charge in [0.1, 0.15) is 24.5 Å². The van der Waals surface area contributed by atoms with E-state index in [2.05, 4.69) is 27.1 Å². The van der Waals surface area contributed by atoms with Crippen molar-refractivity contribution < 1.29 is 5.11 Å². The lowest BCUT2D eigenvalue weighted by Gasteiger charge is -2.34. The highest BCUT2D eigenvalue weighted by Crippen LogP contribution is 2.42. The summed E-state index contributed by atoms with van der Waals surface area (Å²) in [6, 6.07) is 4.42. The molecular formula is C20H24N6O. The Morgan fingerprint density at radius 1 is 1.15 bits per heavy atom. The second-order valence-corrected chi connectivity index (χ2v) is 8.19. The summed E-state index contributed by atoms with van der Waals surface area (Å²) in [5, 5.41) is 24.5. The molecule has 3 heterocycles. The van der Waals surface area contributed by atoms with E-state index >= 15 is 0 Å². The van der Waals surface area contributed by atoms with Crippen LogP contribution in [0.5, 0.6) is 0 Å². The second kappa shape index (κ2) is 6.61. The number of aromatic nitrogens is 4. The normalized spacial score (nSPS) is 29.9. The number of anilines is 1. The quantitative estimate of drug-likeness (QED) is 0.875. The Labute approximate surface area is 158 Å². The van der Waals surface area contributed by atoms with Crippen LogP contribution >= 0.6 is 0 Å². The molecule has 27 heavy (non-hydrogen) atoms. The molecule has 2 aliphatic carbocycles. The Hall–Kier alpha value is -2.46. The van der Waals surface area contributed by atoms with Crippen LogP contribution in [0.4, 0.5) is 5.82 Å². The molecule has 5 rings (SSSR count). The van der Waals surface area contributed by atoms with Crippen molar-refractivity contribution >= 4 is 5.82 Å². The first kappa shape index (κ1) is 16.7. The molecule has 2 fully saturated rings. The largest absolute Gasteiger partial charge is 0.391 e. The van der Waals surface area contributed by atoms with Crippen molar-refractivity contribution in [3.8, 4) is 6.07 Å². The fourth-order valence-corrected chi connectivity index (χ4v) is 5.20. The number of pyridine rings is 1. The molecule has 0 bridgehead atoms. The van der Waals surface area contributed by atoms with Gasteiger partial charge in [-0.2, -0.15) is 10.4 Å². The van der Waals surface area contributed by atoms with Gasteiger partial charge in [0, 0.05) is 18.8 Å². The maximum Gasteiger partial charge on any atom is 0.146 e. The predicted molar refractivity (Wildman–Crippen MR) is 99.1 cm³/mol. The number of nitrogens with zero attached hydrogens (tertiary/aromatic N) is 6. The first-order chi connectivity index (χ1) is 13.2. The van der Waals surface area contributed by atoms with Crippen molar-refractivity contribution in [1.82, 2.24) is 19.7 Å². The van der Waals surface area contributed by atoms with Gasteiger partial charge in [-0.15, -0.1) is 0 Å². The zero-order valence-corrected chi connectivity index (χ0v) is 15.3. The third-order valence-electron chi connectivity index (χ3n) is 6.59. The van der Waals surface area contributed by atoms with Crippen molar-refractivity contribution in [3.05, 3.63) is 35.5 Å².